The summed E-state index contributed by atoms with van der Waals surface area (Å²) in [5.41, 5.74) is 7.84. The monoisotopic (exact) mass is 343 g/mol. The lowest BCUT2D eigenvalue weighted by Gasteiger charge is -2.20. The van der Waals surface area contributed by atoms with Gasteiger partial charge < -0.3 is 11.1 Å². The van der Waals surface area contributed by atoms with E-state index in [-0.39, 0.29) is 30.9 Å². The summed E-state index contributed by atoms with van der Waals surface area (Å²) in [6.07, 6.45) is 0.924. The molecule has 5 nitrogen and oxygen atoms in total. The molecule has 2 aromatic carbocycles. The highest BCUT2D eigenvalue weighted by Crippen LogP contribution is 2.23. The minimum Gasteiger partial charge on any atom is -0.368 e. The second-order valence-electron chi connectivity index (χ2n) is 5.71. The molecule has 0 aliphatic rings. The molecule has 0 spiro atoms. The van der Waals surface area contributed by atoms with Crippen LogP contribution in [0.25, 0.3) is 0 Å². The fourth-order valence-electron chi connectivity index (χ4n) is 2.50. The zero-order valence-electron chi connectivity index (χ0n) is 14.1. The van der Waals surface area contributed by atoms with Crippen molar-refractivity contribution in [2.75, 3.05) is 13.1 Å². The van der Waals surface area contributed by atoms with E-state index in [4.69, 9.17) is 5.73 Å². The van der Waals surface area contributed by atoms with Gasteiger partial charge in [0.1, 0.15) is 5.82 Å². The van der Waals surface area contributed by atoms with Gasteiger partial charge in [0, 0.05) is 0 Å². The molecule has 1 atom stereocenters. The predicted molar refractivity (Wildman–Crippen MR) is 94.3 cm³/mol. The lowest BCUT2D eigenvalue weighted by Crippen LogP contribution is -2.40. The number of carbonyl (C=O) groups excluding carboxylic acids is 2. The zero-order chi connectivity index (χ0) is 18.2. The summed E-state index contributed by atoms with van der Waals surface area (Å²) in [4.78, 5) is 22.6. The van der Waals surface area contributed by atoms with Crippen molar-refractivity contribution in [3.05, 3.63) is 71.0 Å². The quantitative estimate of drug-likeness (QED) is 0.682. The van der Waals surface area contributed by atoms with Gasteiger partial charge in [-0.2, -0.15) is 0 Å². The average molecular weight is 343 g/mol. The van der Waals surface area contributed by atoms with Gasteiger partial charge in [-0.15, -0.1) is 0 Å². The maximum absolute atomic E-state index is 13.6. The number of rotatable bonds is 8. The van der Waals surface area contributed by atoms with E-state index < -0.39 is 5.91 Å². The lowest BCUT2D eigenvalue weighted by atomic mass is 9.97. The van der Waals surface area contributed by atoms with Crippen LogP contribution in [0.2, 0.25) is 0 Å². The number of nitrogens with one attached hydrogen (secondary N) is 2. The average Bonchev–Trinajstić information content (AvgIpc) is 2.61. The van der Waals surface area contributed by atoms with Gasteiger partial charge in [0.15, 0.2) is 0 Å². The Labute approximate surface area is 146 Å². The van der Waals surface area contributed by atoms with Crippen molar-refractivity contribution in [2.24, 2.45) is 5.73 Å². The number of carbonyl (C=O) groups is 2. The molecule has 0 aliphatic carbocycles. The molecular formula is C19H22FN3O2. The Morgan fingerprint density at radius 3 is 2.40 bits per heavy atom. The van der Waals surface area contributed by atoms with Crippen molar-refractivity contribution in [3.8, 4) is 0 Å². The Balaban J connectivity index is 2.17. The molecule has 6 heteroatoms. The van der Waals surface area contributed by atoms with E-state index in [0.717, 1.165) is 12.0 Å². The SMILES string of the molecule is CCc1ccc([C@@H](NCC(=O)NCC(N)=O)c2cccc(F)c2)cc1. The minimum absolute atomic E-state index is 0.0238. The summed E-state index contributed by atoms with van der Waals surface area (Å²) in [5.74, 6) is -1.30. The van der Waals surface area contributed by atoms with Gasteiger partial charge in [0.25, 0.3) is 0 Å². The smallest absolute Gasteiger partial charge is 0.236 e. The van der Waals surface area contributed by atoms with E-state index in [1.165, 1.54) is 17.7 Å². The van der Waals surface area contributed by atoms with Gasteiger partial charge in [-0.3, -0.25) is 14.9 Å². The Morgan fingerprint density at radius 1 is 1.08 bits per heavy atom. The number of halogens is 1. The van der Waals surface area contributed by atoms with Crippen LogP contribution >= 0.6 is 0 Å². The lowest BCUT2D eigenvalue weighted by molar-refractivity contribution is -0.124. The van der Waals surface area contributed by atoms with E-state index in [1.807, 2.05) is 24.3 Å². The van der Waals surface area contributed by atoms with Crippen LogP contribution < -0.4 is 16.4 Å². The van der Waals surface area contributed by atoms with Crippen molar-refractivity contribution >= 4 is 11.8 Å². The number of benzene rings is 2. The summed E-state index contributed by atoms with van der Waals surface area (Å²) in [6, 6.07) is 13.8. The van der Waals surface area contributed by atoms with Crippen LogP contribution in [0.5, 0.6) is 0 Å². The molecule has 0 heterocycles. The Bertz CT molecular complexity index is 732. The zero-order valence-corrected chi connectivity index (χ0v) is 14.1. The van der Waals surface area contributed by atoms with Gasteiger partial charge in [-0.25, -0.2) is 4.39 Å². The van der Waals surface area contributed by atoms with Crippen molar-refractivity contribution < 1.29 is 14.0 Å². The first-order valence-corrected chi connectivity index (χ1v) is 8.12. The predicted octanol–water partition coefficient (Wildman–Crippen LogP) is 1.67. The number of hydrogen-bond acceptors (Lipinski definition) is 3. The minimum atomic E-state index is -0.606. The van der Waals surface area contributed by atoms with Crippen LogP contribution in [0.1, 0.15) is 29.7 Å². The first-order valence-electron chi connectivity index (χ1n) is 8.12. The highest BCUT2D eigenvalue weighted by atomic mass is 19.1. The van der Waals surface area contributed by atoms with Crippen LogP contribution in [0, 0.1) is 5.82 Å². The summed E-state index contributed by atoms with van der Waals surface area (Å²) in [5, 5.41) is 5.53. The second kappa shape index (κ2) is 8.94. The van der Waals surface area contributed by atoms with Crippen molar-refractivity contribution in [1.29, 1.82) is 0 Å². The molecule has 0 aliphatic heterocycles. The topological polar surface area (TPSA) is 84.2 Å². The molecule has 0 bridgehead atoms. The molecule has 0 unspecified atom stereocenters. The molecule has 0 radical (unpaired) electrons. The first kappa shape index (κ1) is 18.6. The summed E-state index contributed by atoms with van der Waals surface area (Å²) < 4.78 is 13.6. The molecule has 4 N–H and O–H groups in total. The maximum atomic E-state index is 13.6. The molecule has 0 saturated heterocycles. The largest absolute Gasteiger partial charge is 0.368 e. The Kier molecular flexibility index (Phi) is 6.65. The third-order valence-electron chi connectivity index (χ3n) is 3.83. The summed E-state index contributed by atoms with van der Waals surface area (Å²) in [6.45, 7) is 1.83. The van der Waals surface area contributed by atoms with E-state index in [2.05, 4.69) is 17.6 Å². The van der Waals surface area contributed by atoms with Crippen LogP contribution in [-0.4, -0.2) is 24.9 Å². The molecule has 2 amide bonds. The van der Waals surface area contributed by atoms with Gasteiger partial charge >= 0.3 is 0 Å². The van der Waals surface area contributed by atoms with E-state index in [1.54, 1.807) is 12.1 Å². The van der Waals surface area contributed by atoms with Crippen molar-refractivity contribution in [3.63, 3.8) is 0 Å². The summed E-state index contributed by atoms with van der Waals surface area (Å²) in [7, 11) is 0. The van der Waals surface area contributed by atoms with Crippen molar-refractivity contribution in [2.45, 2.75) is 19.4 Å². The fraction of sp³-hybridized carbons (Fsp3) is 0.263. The molecule has 0 aromatic heterocycles. The Hall–Kier alpha value is -2.73. The first-order chi connectivity index (χ1) is 12.0. The maximum Gasteiger partial charge on any atom is 0.236 e. The highest BCUT2D eigenvalue weighted by Gasteiger charge is 2.16. The third-order valence-corrected chi connectivity index (χ3v) is 3.83. The molecular weight excluding hydrogens is 321 g/mol. The standard InChI is InChI=1S/C19H22FN3O2/c1-2-13-6-8-14(9-7-13)19(15-4-3-5-16(20)10-15)23-12-18(25)22-11-17(21)24/h3-10,19,23H,2,11-12H2,1H3,(H2,21,24)(H,22,25)/t19-/m1/s1. The molecule has 2 aromatic rings. The van der Waals surface area contributed by atoms with Gasteiger partial charge in [0.05, 0.1) is 19.1 Å². The van der Waals surface area contributed by atoms with Crippen LogP contribution in [0.3, 0.4) is 0 Å². The number of hydrogen-bond donors (Lipinski definition) is 3. The van der Waals surface area contributed by atoms with E-state index in [0.29, 0.717) is 5.56 Å². The number of primary amides is 1. The second-order valence-corrected chi connectivity index (χ2v) is 5.71. The normalized spacial score (nSPS) is 11.8. The van der Waals surface area contributed by atoms with E-state index in [9.17, 15) is 14.0 Å². The fourth-order valence-corrected chi connectivity index (χ4v) is 2.50. The molecule has 0 fully saturated rings. The molecule has 0 saturated carbocycles. The molecule has 132 valence electrons. The number of aryl methyl sites for hydroxylation is 1. The van der Waals surface area contributed by atoms with Crippen LogP contribution in [0.4, 0.5) is 4.39 Å². The van der Waals surface area contributed by atoms with Gasteiger partial charge in [0.2, 0.25) is 11.8 Å². The summed E-state index contributed by atoms with van der Waals surface area (Å²) >= 11 is 0. The van der Waals surface area contributed by atoms with Crippen LogP contribution in [-0.2, 0) is 16.0 Å². The van der Waals surface area contributed by atoms with Gasteiger partial charge in [-0.05, 0) is 35.2 Å². The highest BCUT2D eigenvalue weighted by molar-refractivity contribution is 5.84. The van der Waals surface area contributed by atoms with E-state index >= 15 is 0 Å². The van der Waals surface area contributed by atoms with Crippen molar-refractivity contribution in [1.82, 2.24) is 10.6 Å². The third kappa shape index (κ3) is 5.69. The van der Waals surface area contributed by atoms with Crippen LogP contribution in [0.15, 0.2) is 48.5 Å². The van der Waals surface area contributed by atoms with Gasteiger partial charge in [-0.1, -0.05) is 43.3 Å². The number of nitrogens with two attached hydrogens (primary N) is 1. The molecule has 25 heavy (non-hydrogen) atoms. The Morgan fingerprint density at radius 2 is 1.80 bits per heavy atom. The molecule has 2 rings (SSSR count). The number of amides is 2.